The predicted octanol–water partition coefficient (Wildman–Crippen LogP) is 2.32. The van der Waals surface area contributed by atoms with Gasteiger partial charge in [-0.15, -0.1) is 5.10 Å². The summed E-state index contributed by atoms with van der Waals surface area (Å²) < 4.78 is 3.49. The Morgan fingerprint density at radius 3 is 2.61 bits per heavy atom. The first-order valence-corrected chi connectivity index (χ1v) is 8.38. The minimum absolute atomic E-state index is 0.110. The standard InChI is InChI=1S/C14H23N7OS/c1-9(2)20-11(7-8-15-20)16-12(22)10(3)23-13-17-18-19-21(13)14(4,5)6/h7-10H,1-6H3,(H,16,22). The summed E-state index contributed by atoms with van der Waals surface area (Å²) in [5.74, 6) is 0.578. The fourth-order valence-electron chi connectivity index (χ4n) is 1.94. The molecule has 0 bridgehead atoms. The van der Waals surface area contributed by atoms with Gasteiger partial charge in [0.05, 0.1) is 17.0 Å². The van der Waals surface area contributed by atoms with E-state index in [9.17, 15) is 4.79 Å². The van der Waals surface area contributed by atoms with E-state index in [1.54, 1.807) is 21.6 Å². The van der Waals surface area contributed by atoms with Gasteiger partial charge in [0, 0.05) is 12.1 Å². The Kier molecular flexibility index (Phi) is 5.08. The van der Waals surface area contributed by atoms with Crippen molar-refractivity contribution in [3.8, 4) is 0 Å². The van der Waals surface area contributed by atoms with E-state index in [1.165, 1.54) is 11.8 Å². The van der Waals surface area contributed by atoms with Crippen LogP contribution in [0, 0.1) is 0 Å². The molecule has 0 saturated heterocycles. The SMILES string of the molecule is CC(Sc1nnnn1C(C)(C)C)C(=O)Nc1ccnn1C(C)C. The Morgan fingerprint density at radius 2 is 2.00 bits per heavy atom. The van der Waals surface area contributed by atoms with E-state index < -0.39 is 0 Å². The van der Waals surface area contributed by atoms with Crippen LogP contribution >= 0.6 is 11.8 Å². The number of carbonyl (C=O) groups excluding carboxylic acids is 1. The van der Waals surface area contributed by atoms with Crippen LogP contribution < -0.4 is 5.32 Å². The van der Waals surface area contributed by atoms with Crippen molar-refractivity contribution in [2.75, 3.05) is 5.32 Å². The second kappa shape index (κ2) is 6.69. The van der Waals surface area contributed by atoms with Gasteiger partial charge in [-0.1, -0.05) is 11.8 Å². The van der Waals surface area contributed by atoms with Gasteiger partial charge < -0.3 is 5.32 Å². The Labute approximate surface area is 140 Å². The lowest BCUT2D eigenvalue weighted by molar-refractivity contribution is -0.115. The summed E-state index contributed by atoms with van der Waals surface area (Å²) in [4.78, 5) is 12.4. The van der Waals surface area contributed by atoms with E-state index in [0.29, 0.717) is 11.0 Å². The molecule has 0 aliphatic carbocycles. The third-order valence-corrected chi connectivity index (χ3v) is 4.17. The first-order chi connectivity index (χ1) is 10.7. The van der Waals surface area contributed by atoms with E-state index in [2.05, 4.69) is 25.9 Å². The maximum Gasteiger partial charge on any atom is 0.238 e. The summed E-state index contributed by atoms with van der Waals surface area (Å²) in [5, 5.41) is 19.1. The Morgan fingerprint density at radius 1 is 1.30 bits per heavy atom. The normalized spacial score (nSPS) is 13.3. The van der Waals surface area contributed by atoms with Gasteiger partial charge in [-0.3, -0.25) is 4.79 Å². The highest BCUT2D eigenvalue weighted by molar-refractivity contribution is 8.00. The molecule has 1 atom stereocenters. The number of thioether (sulfide) groups is 1. The van der Waals surface area contributed by atoms with Crippen LogP contribution in [0.4, 0.5) is 5.82 Å². The minimum atomic E-state index is -0.336. The van der Waals surface area contributed by atoms with Crippen molar-refractivity contribution in [1.29, 1.82) is 0 Å². The van der Waals surface area contributed by atoms with E-state index in [4.69, 9.17) is 0 Å². The monoisotopic (exact) mass is 337 g/mol. The Balaban J connectivity index is 2.06. The molecule has 0 aromatic carbocycles. The van der Waals surface area contributed by atoms with E-state index in [0.717, 1.165) is 0 Å². The zero-order valence-electron chi connectivity index (χ0n) is 14.3. The van der Waals surface area contributed by atoms with Crippen molar-refractivity contribution in [2.45, 2.75) is 63.5 Å². The average molecular weight is 337 g/mol. The smallest absolute Gasteiger partial charge is 0.238 e. The quantitative estimate of drug-likeness (QED) is 0.842. The van der Waals surface area contributed by atoms with Gasteiger partial charge in [0.1, 0.15) is 5.82 Å². The van der Waals surface area contributed by atoms with Gasteiger partial charge in [-0.2, -0.15) is 5.10 Å². The maximum atomic E-state index is 12.4. The molecule has 1 N–H and O–H groups in total. The van der Waals surface area contributed by atoms with Crippen molar-refractivity contribution < 1.29 is 4.79 Å². The molecule has 2 aromatic heterocycles. The first kappa shape index (κ1) is 17.5. The molecule has 0 spiro atoms. The highest BCUT2D eigenvalue weighted by atomic mass is 32.2. The van der Waals surface area contributed by atoms with Crippen LogP contribution in [0.2, 0.25) is 0 Å². The van der Waals surface area contributed by atoms with Crippen molar-refractivity contribution >= 4 is 23.5 Å². The Hall–Kier alpha value is -1.90. The summed E-state index contributed by atoms with van der Waals surface area (Å²) in [7, 11) is 0. The highest BCUT2D eigenvalue weighted by Crippen LogP contribution is 2.26. The third-order valence-electron chi connectivity index (χ3n) is 3.14. The van der Waals surface area contributed by atoms with Gasteiger partial charge in [0.15, 0.2) is 0 Å². The largest absolute Gasteiger partial charge is 0.310 e. The average Bonchev–Trinajstić information content (AvgIpc) is 3.06. The number of amides is 1. The van der Waals surface area contributed by atoms with Gasteiger partial charge in [0.2, 0.25) is 11.1 Å². The van der Waals surface area contributed by atoms with E-state index >= 15 is 0 Å². The summed E-state index contributed by atoms with van der Waals surface area (Å²) in [6, 6.07) is 1.96. The lowest BCUT2D eigenvalue weighted by Crippen LogP contribution is -2.27. The van der Waals surface area contributed by atoms with Crippen LogP contribution in [0.15, 0.2) is 17.4 Å². The summed E-state index contributed by atoms with van der Waals surface area (Å²) in [5.41, 5.74) is -0.238. The zero-order chi connectivity index (χ0) is 17.2. The molecule has 0 aliphatic rings. The molecule has 8 nitrogen and oxygen atoms in total. The summed E-state index contributed by atoms with van der Waals surface area (Å²) in [6.07, 6.45) is 1.67. The minimum Gasteiger partial charge on any atom is -0.310 e. The molecular weight excluding hydrogens is 314 g/mol. The van der Waals surface area contributed by atoms with Crippen LogP contribution in [0.5, 0.6) is 0 Å². The lowest BCUT2D eigenvalue weighted by Gasteiger charge is -2.20. The maximum absolute atomic E-state index is 12.4. The van der Waals surface area contributed by atoms with E-state index in [1.807, 2.05) is 41.5 Å². The number of aromatic nitrogens is 6. The molecule has 126 valence electrons. The van der Waals surface area contributed by atoms with Gasteiger partial charge in [-0.25, -0.2) is 9.36 Å². The topological polar surface area (TPSA) is 90.5 Å². The first-order valence-electron chi connectivity index (χ1n) is 7.50. The van der Waals surface area contributed by atoms with Crippen LogP contribution in [-0.4, -0.2) is 41.1 Å². The molecule has 0 fully saturated rings. The number of rotatable bonds is 5. The second-order valence-electron chi connectivity index (χ2n) is 6.55. The highest BCUT2D eigenvalue weighted by Gasteiger charge is 2.24. The molecule has 9 heteroatoms. The van der Waals surface area contributed by atoms with Crippen molar-refractivity contribution in [2.24, 2.45) is 0 Å². The molecule has 0 radical (unpaired) electrons. The van der Waals surface area contributed by atoms with Gasteiger partial charge in [-0.05, 0) is 52.0 Å². The number of tetrazole rings is 1. The molecule has 2 aromatic rings. The third kappa shape index (κ3) is 4.10. The van der Waals surface area contributed by atoms with Crippen LogP contribution in [0.25, 0.3) is 0 Å². The molecule has 2 rings (SSSR count). The lowest BCUT2D eigenvalue weighted by atomic mass is 10.1. The molecule has 1 unspecified atom stereocenters. The predicted molar refractivity (Wildman–Crippen MR) is 89.4 cm³/mol. The molecule has 2 heterocycles. The number of anilines is 1. The number of hydrogen-bond acceptors (Lipinski definition) is 6. The fourth-order valence-corrected chi connectivity index (χ4v) is 2.91. The fraction of sp³-hybridized carbons (Fsp3) is 0.643. The number of carbonyl (C=O) groups is 1. The van der Waals surface area contributed by atoms with Crippen LogP contribution in [-0.2, 0) is 10.3 Å². The Bertz CT molecular complexity index is 671. The van der Waals surface area contributed by atoms with Crippen LogP contribution in [0.3, 0.4) is 0 Å². The van der Waals surface area contributed by atoms with Gasteiger partial charge >= 0.3 is 0 Å². The molecule has 0 aliphatic heterocycles. The number of hydrogen-bond donors (Lipinski definition) is 1. The van der Waals surface area contributed by atoms with Gasteiger partial charge in [0.25, 0.3) is 0 Å². The summed E-state index contributed by atoms with van der Waals surface area (Å²) in [6.45, 7) is 11.9. The number of nitrogens with one attached hydrogen (secondary N) is 1. The molecule has 1 amide bonds. The number of nitrogens with zero attached hydrogens (tertiary/aromatic N) is 6. The zero-order valence-corrected chi connectivity index (χ0v) is 15.1. The van der Waals surface area contributed by atoms with E-state index in [-0.39, 0.29) is 22.7 Å². The van der Waals surface area contributed by atoms with Crippen molar-refractivity contribution in [3.05, 3.63) is 12.3 Å². The van der Waals surface area contributed by atoms with Crippen LogP contribution in [0.1, 0.15) is 47.6 Å². The molecular formula is C14H23N7OS. The summed E-state index contributed by atoms with van der Waals surface area (Å²) >= 11 is 1.33. The van der Waals surface area contributed by atoms with Crippen molar-refractivity contribution in [1.82, 2.24) is 30.0 Å². The molecule has 0 saturated carbocycles. The molecule has 23 heavy (non-hydrogen) atoms. The second-order valence-corrected chi connectivity index (χ2v) is 7.86. The van der Waals surface area contributed by atoms with Crippen molar-refractivity contribution in [3.63, 3.8) is 0 Å².